The predicted molar refractivity (Wildman–Crippen MR) is 108 cm³/mol. The Balaban J connectivity index is 1.60. The van der Waals surface area contributed by atoms with Crippen molar-refractivity contribution in [1.29, 1.82) is 0 Å². The third kappa shape index (κ3) is 3.54. The summed E-state index contributed by atoms with van der Waals surface area (Å²) in [6.45, 7) is 3.91. The lowest BCUT2D eigenvalue weighted by molar-refractivity contribution is 0.110. The third-order valence-electron chi connectivity index (χ3n) is 5.51. The fraction of sp³-hybridized carbons (Fsp3) is 0.391. The zero-order valence-corrected chi connectivity index (χ0v) is 16.0. The van der Waals surface area contributed by atoms with E-state index >= 15 is 0 Å². The summed E-state index contributed by atoms with van der Waals surface area (Å²) < 4.78 is 16.9. The van der Waals surface area contributed by atoms with Crippen molar-refractivity contribution in [3.63, 3.8) is 0 Å². The molecule has 0 spiro atoms. The van der Waals surface area contributed by atoms with Crippen LogP contribution in [0.4, 0.5) is 5.69 Å². The van der Waals surface area contributed by atoms with Gasteiger partial charge in [0.15, 0.2) is 0 Å². The van der Waals surface area contributed by atoms with Crippen molar-refractivity contribution in [3.05, 3.63) is 65.7 Å². The first kappa shape index (κ1) is 17.9. The van der Waals surface area contributed by atoms with E-state index in [4.69, 9.17) is 14.2 Å². The molecule has 0 amide bonds. The van der Waals surface area contributed by atoms with Crippen LogP contribution in [0.3, 0.4) is 0 Å². The Morgan fingerprint density at radius 1 is 1.07 bits per heavy atom. The highest BCUT2D eigenvalue weighted by atomic mass is 16.5. The van der Waals surface area contributed by atoms with Gasteiger partial charge >= 0.3 is 0 Å². The first-order valence-corrected chi connectivity index (χ1v) is 9.72. The van der Waals surface area contributed by atoms with Gasteiger partial charge in [-0.2, -0.15) is 0 Å². The number of nitrogens with one attached hydrogen (secondary N) is 1. The Kier molecular flexibility index (Phi) is 5.35. The van der Waals surface area contributed by atoms with Gasteiger partial charge in [0.1, 0.15) is 18.1 Å². The largest absolute Gasteiger partial charge is 0.496 e. The molecule has 4 nitrogen and oxygen atoms in total. The topological polar surface area (TPSA) is 39.7 Å². The lowest BCUT2D eigenvalue weighted by Crippen LogP contribution is -2.29. The Hall–Kier alpha value is -2.46. The molecule has 142 valence electrons. The third-order valence-corrected chi connectivity index (χ3v) is 5.51. The summed E-state index contributed by atoms with van der Waals surface area (Å²) in [7, 11) is 1.74. The average Bonchev–Trinajstić information content (AvgIpc) is 3.21. The fourth-order valence-electron chi connectivity index (χ4n) is 4.26. The maximum absolute atomic E-state index is 5.87. The highest BCUT2D eigenvalue weighted by molar-refractivity contribution is 5.62. The number of allylic oxidation sites excluding steroid dienone is 2. The molecule has 4 heteroatoms. The first-order chi connectivity index (χ1) is 13.3. The molecule has 1 aliphatic carbocycles. The molecule has 1 heterocycles. The SMILES string of the molecule is CCOCCOc1ccc2c(c1)C1C=CCC1C(c1ccccc1OC)N2. The molecule has 4 rings (SSSR count). The number of ether oxygens (including phenoxy) is 3. The lowest BCUT2D eigenvalue weighted by atomic mass is 9.77. The van der Waals surface area contributed by atoms with Gasteiger partial charge in [-0.05, 0) is 49.1 Å². The fourth-order valence-corrected chi connectivity index (χ4v) is 4.26. The maximum Gasteiger partial charge on any atom is 0.124 e. The molecule has 1 N–H and O–H groups in total. The van der Waals surface area contributed by atoms with Crippen molar-refractivity contribution in [2.75, 3.05) is 32.2 Å². The van der Waals surface area contributed by atoms with Gasteiger partial charge in [0.2, 0.25) is 0 Å². The molecule has 2 aliphatic rings. The van der Waals surface area contributed by atoms with E-state index in [1.54, 1.807) is 7.11 Å². The zero-order chi connectivity index (χ0) is 18.6. The van der Waals surface area contributed by atoms with Gasteiger partial charge in [-0.1, -0.05) is 30.4 Å². The van der Waals surface area contributed by atoms with E-state index in [9.17, 15) is 0 Å². The van der Waals surface area contributed by atoms with Gasteiger partial charge < -0.3 is 19.5 Å². The number of methoxy groups -OCH3 is 1. The number of para-hydroxylation sites is 1. The number of hydrogen-bond donors (Lipinski definition) is 1. The van der Waals surface area contributed by atoms with E-state index in [1.165, 1.54) is 16.8 Å². The van der Waals surface area contributed by atoms with Crippen LogP contribution in [0.5, 0.6) is 11.5 Å². The van der Waals surface area contributed by atoms with Gasteiger partial charge in [0, 0.05) is 23.8 Å². The van der Waals surface area contributed by atoms with E-state index in [1.807, 2.05) is 25.1 Å². The van der Waals surface area contributed by atoms with Crippen molar-refractivity contribution in [2.45, 2.75) is 25.3 Å². The predicted octanol–water partition coefficient (Wildman–Crippen LogP) is 4.94. The molecule has 3 unspecified atom stereocenters. The van der Waals surface area contributed by atoms with Crippen LogP contribution in [0, 0.1) is 5.92 Å². The molecule has 0 saturated heterocycles. The number of hydrogen-bond acceptors (Lipinski definition) is 4. The second-order valence-electron chi connectivity index (χ2n) is 7.01. The Morgan fingerprint density at radius 3 is 2.81 bits per heavy atom. The van der Waals surface area contributed by atoms with E-state index in [2.05, 4.69) is 41.7 Å². The molecular formula is C23H27NO3. The van der Waals surface area contributed by atoms with Gasteiger partial charge in [0.05, 0.1) is 19.8 Å². The van der Waals surface area contributed by atoms with Crippen LogP contribution in [0.15, 0.2) is 54.6 Å². The molecule has 27 heavy (non-hydrogen) atoms. The molecule has 2 aromatic carbocycles. The lowest BCUT2D eigenvalue weighted by Gasteiger charge is -2.38. The molecule has 2 aromatic rings. The normalized spacial score (nSPS) is 22.7. The molecule has 0 bridgehead atoms. The van der Waals surface area contributed by atoms with Crippen LogP contribution in [0.2, 0.25) is 0 Å². The summed E-state index contributed by atoms with van der Waals surface area (Å²) in [5, 5.41) is 3.76. The van der Waals surface area contributed by atoms with Crippen LogP contribution in [-0.4, -0.2) is 26.9 Å². The van der Waals surface area contributed by atoms with Gasteiger partial charge in [0.25, 0.3) is 0 Å². The standard InChI is InChI=1S/C23H27NO3/c1-3-26-13-14-27-16-11-12-21-20(15-16)17-8-6-9-18(17)23(24-21)19-7-4-5-10-22(19)25-2/h4-8,10-12,15,17-18,23-24H,3,9,13-14H2,1-2H3. The minimum Gasteiger partial charge on any atom is -0.496 e. The summed E-state index contributed by atoms with van der Waals surface area (Å²) in [5.74, 6) is 2.73. The summed E-state index contributed by atoms with van der Waals surface area (Å²) in [6, 6.07) is 14.9. The highest BCUT2D eigenvalue weighted by Gasteiger charge is 2.39. The van der Waals surface area contributed by atoms with E-state index < -0.39 is 0 Å². The van der Waals surface area contributed by atoms with Crippen molar-refractivity contribution in [3.8, 4) is 11.5 Å². The Morgan fingerprint density at radius 2 is 1.96 bits per heavy atom. The van der Waals surface area contributed by atoms with Gasteiger partial charge in [-0.15, -0.1) is 0 Å². The second kappa shape index (κ2) is 8.05. The molecular weight excluding hydrogens is 338 g/mol. The summed E-state index contributed by atoms with van der Waals surface area (Å²) in [4.78, 5) is 0. The number of benzene rings is 2. The molecule has 0 fully saturated rings. The van der Waals surface area contributed by atoms with Crippen molar-refractivity contribution in [1.82, 2.24) is 0 Å². The van der Waals surface area contributed by atoms with Crippen LogP contribution in [0.25, 0.3) is 0 Å². The first-order valence-electron chi connectivity index (χ1n) is 9.72. The van der Waals surface area contributed by atoms with Crippen LogP contribution < -0.4 is 14.8 Å². The van der Waals surface area contributed by atoms with Crippen LogP contribution in [0.1, 0.15) is 36.4 Å². The monoisotopic (exact) mass is 365 g/mol. The number of anilines is 1. The number of fused-ring (bicyclic) bond motifs is 3. The van der Waals surface area contributed by atoms with Crippen molar-refractivity contribution < 1.29 is 14.2 Å². The summed E-state index contributed by atoms with van der Waals surface area (Å²) in [6.07, 6.45) is 5.71. The van der Waals surface area contributed by atoms with Crippen LogP contribution in [-0.2, 0) is 4.74 Å². The smallest absolute Gasteiger partial charge is 0.124 e. The van der Waals surface area contributed by atoms with E-state index in [0.717, 1.165) is 24.5 Å². The molecule has 3 atom stereocenters. The highest BCUT2D eigenvalue weighted by Crippen LogP contribution is 2.51. The zero-order valence-electron chi connectivity index (χ0n) is 16.0. The average molecular weight is 365 g/mol. The molecule has 1 aliphatic heterocycles. The quantitative estimate of drug-likeness (QED) is 0.557. The maximum atomic E-state index is 5.87. The minimum absolute atomic E-state index is 0.235. The summed E-state index contributed by atoms with van der Waals surface area (Å²) in [5.41, 5.74) is 3.71. The van der Waals surface area contributed by atoms with Gasteiger partial charge in [-0.25, -0.2) is 0 Å². The molecule has 0 aromatic heterocycles. The van der Waals surface area contributed by atoms with Crippen LogP contribution >= 0.6 is 0 Å². The Labute approximate surface area is 161 Å². The second-order valence-corrected chi connectivity index (χ2v) is 7.01. The van der Waals surface area contributed by atoms with E-state index in [0.29, 0.717) is 25.0 Å². The minimum atomic E-state index is 0.235. The molecule has 0 radical (unpaired) electrons. The molecule has 0 saturated carbocycles. The van der Waals surface area contributed by atoms with E-state index in [-0.39, 0.29) is 6.04 Å². The van der Waals surface area contributed by atoms with Crippen molar-refractivity contribution >= 4 is 5.69 Å². The van der Waals surface area contributed by atoms with Gasteiger partial charge in [-0.3, -0.25) is 0 Å². The number of rotatable bonds is 7. The van der Waals surface area contributed by atoms with Crippen molar-refractivity contribution in [2.24, 2.45) is 5.92 Å². The Bertz CT molecular complexity index is 817. The summed E-state index contributed by atoms with van der Waals surface area (Å²) >= 11 is 0.